The molecule has 3 aromatic heterocycles. The Morgan fingerprint density at radius 3 is 2.89 bits per heavy atom. The van der Waals surface area contributed by atoms with Gasteiger partial charge in [-0.1, -0.05) is 6.92 Å². The van der Waals surface area contributed by atoms with Crippen molar-refractivity contribution in [2.45, 2.75) is 20.3 Å². The van der Waals surface area contributed by atoms with Crippen molar-refractivity contribution >= 4 is 11.2 Å². The molecule has 0 atom stereocenters. The van der Waals surface area contributed by atoms with Crippen molar-refractivity contribution in [1.82, 2.24) is 29.7 Å². The lowest BCUT2D eigenvalue weighted by Gasteiger charge is -2.00. The molecular weight excluding hydrogens is 232 g/mol. The van der Waals surface area contributed by atoms with E-state index in [0.717, 1.165) is 11.3 Å². The smallest absolute Gasteiger partial charge is 0.276 e. The molecule has 0 saturated heterocycles. The quantitative estimate of drug-likeness (QED) is 0.694. The summed E-state index contributed by atoms with van der Waals surface area (Å²) in [6.45, 7) is 3.83. The Hall–Kier alpha value is -2.44. The minimum Gasteiger partial charge on any atom is -0.340 e. The van der Waals surface area contributed by atoms with Gasteiger partial charge in [0.15, 0.2) is 11.5 Å². The molecule has 18 heavy (non-hydrogen) atoms. The van der Waals surface area contributed by atoms with E-state index in [4.69, 9.17) is 0 Å². The lowest BCUT2D eigenvalue weighted by molar-refractivity contribution is 0.808. The maximum Gasteiger partial charge on any atom is 0.276 e. The maximum absolute atomic E-state index is 12.2. The molecule has 0 fully saturated rings. The standard InChI is InChI=1S/C11H12N6O/c1-3-7-6(2)16-17(11(7)18)10-8-9(13-4-12-8)14-5-15-10/h4-5,16H,3H2,1-2H3,(H,12,13,14,15). The molecule has 0 aliphatic carbocycles. The van der Waals surface area contributed by atoms with Gasteiger partial charge in [0.2, 0.25) is 0 Å². The van der Waals surface area contributed by atoms with Crippen LogP contribution in [-0.2, 0) is 6.42 Å². The first-order chi connectivity index (χ1) is 8.72. The zero-order valence-corrected chi connectivity index (χ0v) is 10.1. The first-order valence-corrected chi connectivity index (χ1v) is 5.67. The van der Waals surface area contributed by atoms with Gasteiger partial charge in [0.05, 0.1) is 6.33 Å². The molecule has 0 aliphatic heterocycles. The van der Waals surface area contributed by atoms with Crippen LogP contribution in [0.3, 0.4) is 0 Å². The number of imidazole rings is 1. The minimum absolute atomic E-state index is 0.0791. The summed E-state index contributed by atoms with van der Waals surface area (Å²) < 4.78 is 1.43. The second kappa shape index (κ2) is 3.80. The van der Waals surface area contributed by atoms with E-state index in [9.17, 15) is 4.79 Å². The summed E-state index contributed by atoms with van der Waals surface area (Å²) in [6, 6.07) is 0. The van der Waals surface area contributed by atoms with E-state index in [1.165, 1.54) is 17.3 Å². The molecule has 2 N–H and O–H groups in total. The number of fused-ring (bicyclic) bond motifs is 1. The SMILES string of the molecule is CCc1c(C)[nH]n(-c2ncnc3nc[nH]c23)c1=O. The molecule has 3 heterocycles. The molecule has 0 aromatic carbocycles. The predicted molar refractivity (Wildman–Crippen MR) is 65.7 cm³/mol. The van der Waals surface area contributed by atoms with Gasteiger partial charge in [-0.25, -0.2) is 15.0 Å². The summed E-state index contributed by atoms with van der Waals surface area (Å²) >= 11 is 0. The van der Waals surface area contributed by atoms with E-state index < -0.39 is 0 Å². The number of aromatic amines is 2. The fourth-order valence-corrected chi connectivity index (χ4v) is 2.07. The average molecular weight is 244 g/mol. The van der Waals surface area contributed by atoms with Gasteiger partial charge in [-0.15, -0.1) is 0 Å². The number of nitrogens with zero attached hydrogens (tertiary/aromatic N) is 4. The van der Waals surface area contributed by atoms with Crippen LogP contribution in [0.15, 0.2) is 17.4 Å². The fraction of sp³-hybridized carbons (Fsp3) is 0.273. The lowest BCUT2D eigenvalue weighted by Crippen LogP contribution is -2.18. The highest BCUT2D eigenvalue weighted by molar-refractivity contribution is 5.77. The summed E-state index contributed by atoms with van der Waals surface area (Å²) in [5, 5.41) is 3.03. The molecule has 0 aliphatic rings. The Balaban J connectivity index is 2.33. The van der Waals surface area contributed by atoms with Crippen molar-refractivity contribution in [3.05, 3.63) is 34.3 Å². The highest BCUT2D eigenvalue weighted by Gasteiger charge is 2.14. The zero-order valence-electron chi connectivity index (χ0n) is 10.1. The number of aryl methyl sites for hydroxylation is 1. The fourth-order valence-electron chi connectivity index (χ4n) is 2.07. The number of aromatic nitrogens is 6. The molecule has 7 heteroatoms. The molecule has 3 rings (SSSR count). The Morgan fingerprint density at radius 2 is 2.17 bits per heavy atom. The number of nitrogens with one attached hydrogen (secondary N) is 2. The first-order valence-electron chi connectivity index (χ1n) is 5.67. The molecule has 0 spiro atoms. The third kappa shape index (κ3) is 1.37. The van der Waals surface area contributed by atoms with Crippen molar-refractivity contribution in [3.8, 4) is 5.82 Å². The molecule has 7 nitrogen and oxygen atoms in total. The van der Waals surface area contributed by atoms with E-state index in [1.807, 2.05) is 13.8 Å². The minimum atomic E-state index is -0.0791. The number of hydrogen-bond acceptors (Lipinski definition) is 4. The van der Waals surface area contributed by atoms with E-state index in [2.05, 4.69) is 25.0 Å². The molecule has 0 bridgehead atoms. The van der Waals surface area contributed by atoms with Crippen molar-refractivity contribution in [2.24, 2.45) is 0 Å². The van der Waals surface area contributed by atoms with Crippen molar-refractivity contribution in [1.29, 1.82) is 0 Å². The number of rotatable bonds is 2. The van der Waals surface area contributed by atoms with Crippen LogP contribution >= 0.6 is 0 Å². The van der Waals surface area contributed by atoms with Gasteiger partial charge in [0, 0.05) is 11.3 Å². The summed E-state index contributed by atoms with van der Waals surface area (Å²) in [7, 11) is 0. The van der Waals surface area contributed by atoms with Crippen LogP contribution in [0.2, 0.25) is 0 Å². The van der Waals surface area contributed by atoms with E-state index in [-0.39, 0.29) is 5.56 Å². The van der Waals surface area contributed by atoms with E-state index >= 15 is 0 Å². The average Bonchev–Trinajstić information content (AvgIpc) is 2.94. The molecule has 0 unspecified atom stereocenters. The molecular formula is C11H12N6O. The summed E-state index contributed by atoms with van der Waals surface area (Å²) in [6.07, 6.45) is 3.61. The molecule has 0 radical (unpaired) electrons. The van der Waals surface area contributed by atoms with Gasteiger partial charge in [-0.05, 0) is 13.3 Å². The van der Waals surface area contributed by atoms with Crippen LogP contribution in [0.1, 0.15) is 18.2 Å². The van der Waals surface area contributed by atoms with Gasteiger partial charge in [0.1, 0.15) is 11.8 Å². The molecule has 0 saturated carbocycles. The van der Waals surface area contributed by atoms with E-state index in [0.29, 0.717) is 23.4 Å². The molecule has 92 valence electrons. The number of hydrogen-bond donors (Lipinski definition) is 2. The third-order valence-electron chi connectivity index (χ3n) is 2.96. The third-order valence-corrected chi connectivity index (χ3v) is 2.96. The van der Waals surface area contributed by atoms with Gasteiger partial charge in [-0.2, -0.15) is 4.68 Å². The molecule has 0 amide bonds. The van der Waals surface area contributed by atoms with Gasteiger partial charge in [-0.3, -0.25) is 9.89 Å². The van der Waals surface area contributed by atoms with Crippen LogP contribution in [0.4, 0.5) is 0 Å². The van der Waals surface area contributed by atoms with Gasteiger partial charge in [0.25, 0.3) is 5.56 Å². The summed E-state index contributed by atoms with van der Waals surface area (Å²) in [4.78, 5) is 27.4. The Bertz CT molecular complexity index is 765. The predicted octanol–water partition coefficient (Wildman–Crippen LogP) is 0.703. The Kier molecular flexibility index (Phi) is 2.26. The first kappa shape index (κ1) is 10.7. The van der Waals surface area contributed by atoms with Crippen LogP contribution < -0.4 is 5.56 Å². The highest BCUT2D eigenvalue weighted by Crippen LogP contribution is 2.13. The van der Waals surface area contributed by atoms with E-state index in [1.54, 1.807) is 0 Å². The largest absolute Gasteiger partial charge is 0.340 e. The summed E-state index contributed by atoms with van der Waals surface area (Å²) in [5.41, 5.74) is 2.72. The van der Waals surface area contributed by atoms with Gasteiger partial charge < -0.3 is 4.98 Å². The Morgan fingerprint density at radius 1 is 1.33 bits per heavy atom. The number of H-pyrrole nitrogens is 2. The second-order valence-electron chi connectivity index (χ2n) is 4.01. The maximum atomic E-state index is 12.2. The van der Waals surface area contributed by atoms with Crippen molar-refractivity contribution in [2.75, 3.05) is 0 Å². The van der Waals surface area contributed by atoms with Crippen LogP contribution in [0, 0.1) is 6.92 Å². The van der Waals surface area contributed by atoms with Crippen molar-refractivity contribution in [3.63, 3.8) is 0 Å². The normalized spacial score (nSPS) is 11.2. The van der Waals surface area contributed by atoms with Crippen LogP contribution in [0.25, 0.3) is 17.0 Å². The van der Waals surface area contributed by atoms with Crippen molar-refractivity contribution < 1.29 is 0 Å². The van der Waals surface area contributed by atoms with Crippen LogP contribution in [0.5, 0.6) is 0 Å². The monoisotopic (exact) mass is 244 g/mol. The Labute approximate surface area is 102 Å². The van der Waals surface area contributed by atoms with Crippen LogP contribution in [-0.4, -0.2) is 29.7 Å². The topological polar surface area (TPSA) is 92.2 Å². The second-order valence-corrected chi connectivity index (χ2v) is 4.01. The zero-order chi connectivity index (χ0) is 12.7. The lowest BCUT2D eigenvalue weighted by atomic mass is 10.2. The molecule has 3 aromatic rings. The van der Waals surface area contributed by atoms with Gasteiger partial charge >= 0.3 is 0 Å². The summed E-state index contributed by atoms with van der Waals surface area (Å²) in [5.74, 6) is 0.491. The highest BCUT2D eigenvalue weighted by atomic mass is 16.1.